The second-order valence-electron chi connectivity index (χ2n) is 3.96. The fourth-order valence-corrected chi connectivity index (χ4v) is 1.79. The lowest BCUT2D eigenvalue weighted by atomic mass is 10.2. The van der Waals surface area contributed by atoms with Crippen LogP contribution >= 0.6 is 0 Å². The van der Waals surface area contributed by atoms with E-state index in [2.05, 4.69) is 25.3 Å². The molecule has 0 aromatic rings. The Morgan fingerprint density at radius 3 is 3.00 bits per heavy atom. The van der Waals surface area contributed by atoms with Crippen molar-refractivity contribution in [3.8, 4) is 0 Å². The second kappa shape index (κ2) is 5.40. The summed E-state index contributed by atoms with van der Waals surface area (Å²) in [5, 5.41) is 0. The van der Waals surface area contributed by atoms with E-state index in [0.717, 1.165) is 13.2 Å². The topological polar surface area (TPSA) is 12.5 Å². The van der Waals surface area contributed by atoms with Gasteiger partial charge in [0.15, 0.2) is 0 Å². The Kier molecular flexibility index (Phi) is 4.46. The predicted molar refractivity (Wildman–Crippen MR) is 55.9 cm³/mol. The van der Waals surface area contributed by atoms with Gasteiger partial charge in [-0.2, -0.15) is 0 Å². The van der Waals surface area contributed by atoms with Crippen molar-refractivity contribution in [1.29, 1.82) is 0 Å². The minimum Gasteiger partial charge on any atom is -0.377 e. The van der Waals surface area contributed by atoms with Gasteiger partial charge < -0.3 is 4.74 Å². The Morgan fingerprint density at radius 2 is 2.38 bits per heavy atom. The third-order valence-electron chi connectivity index (χ3n) is 2.48. The minimum atomic E-state index is 0.353. The first kappa shape index (κ1) is 10.7. The van der Waals surface area contributed by atoms with Crippen molar-refractivity contribution in [3.63, 3.8) is 0 Å². The van der Waals surface area contributed by atoms with Gasteiger partial charge in [-0.15, -0.1) is 6.58 Å². The highest BCUT2D eigenvalue weighted by molar-refractivity contribution is 4.84. The summed E-state index contributed by atoms with van der Waals surface area (Å²) < 4.78 is 5.63. The van der Waals surface area contributed by atoms with Crippen molar-refractivity contribution in [1.82, 2.24) is 4.90 Å². The van der Waals surface area contributed by atoms with Crippen molar-refractivity contribution >= 4 is 0 Å². The van der Waals surface area contributed by atoms with Crippen molar-refractivity contribution < 1.29 is 4.74 Å². The summed E-state index contributed by atoms with van der Waals surface area (Å²) in [6.07, 6.45) is 4.92. The number of ether oxygens (including phenoxy) is 1. The first-order chi connectivity index (χ1) is 6.24. The van der Waals surface area contributed by atoms with Crippen LogP contribution in [0.4, 0.5) is 0 Å². The molecule has 0 aromatic carbocycles. The standard InChI is InChI=1S/C11H21NO/c1-4-7-12-8-5-6-11(12)9-13-10(2)3/h4,10-11H,1,5-9H2,2-3H3. The molecule has 1 atom stereocenters. The molecule has 1 rings (SSSR count). The van der Waals surface area contributed by atoms with Gasteiger partial charge in [0, 0.05) is 12.6 Å². The minimum absolute atomic E-state index is 0.353. The zero-order chi connectivity index (χ0) is 9.68. The van der Waals surface area contributed by atoms with Crippen molar-refractivity contribution in [2.45, 2.75) is 38.8 Å². The van der Waals surface area contributed by atoms with Gasteiger partial charge in [0.1, 0.15) is 0 Å². The van der Waals surface area contributed by atoms with E-state index in [9.17, 15) is 0 Å². The monoisotopic (exact) mass is 183 g/mol. The molecular formula is C11H21NO. The molecular weight excluding hydrogens is 162 g/mol. The average molecular weight is 183 g/mol. The SMILES string of the molecule is C=CCN1CCCC1COC(C)C. The van der Waals surface area contributed by atoms with Crippen LogP contribution in [0.5, 0.6) is 0 Å². The third-order valence-corrected chi connectivity index (χ3v) is 2.48. The summed E-state index contributed by atoms with van der Waals surface area (Å²) in [7, 11) is 0. The van der Waals surface area contributed by atoms with Gasteiger partial charge in [-0.25, -0.2) is 0 Å². The van der Waals surface area contributed by atoms with Gasteiger partial charge in [-0.3, -0.25) is 4.90 Å². The van der Waals surface area contributed by atoms with Gasteiger partial charge in [-0.05, 0) is 33.2 Å². The van der Waals surface area contributed by atoms with Crippen LogP contribution < -0.4 is 0 Å². The Morgan fingerprint density at radius 1 is 1.62 bits per heavy atom. The smallest absolute Gasteiger partial charge is 0.0625 e. The van der Waals surface area contributed by atoms with Crippen molar-refractivity contribution in [2.24, 2.45) is 0 Å². The highest BCUT2D eigenvalue weighted by Crippen LogP contribution is 2.17. The normalized spacial score (nSPS) is 24.1. The molecule has 1 fully saturated rings. The lowest BCUT2D eigenvalue weighted by Crippen LogP contribution is -2.33. The molecule has 13 heavy (non-hydrogen) atoms. The number of hydrogen-bond donors (Lipinski definition) is 0. The Bertz CT molecular complexity index is 156. The highest BCUT2D eigenvalue weighted by Gasteiger charge is 2.23. The van der Waals surface area contributed by atoms with E-state index in [0.29, 0.717) is 12.1 Å². The van der Waals surface area contributed by atoms with E-state index >= 15 is 0 Å². The Balaban J connectivity index is 2.26. The van der Waals surface area contributed by atoms with E-state index in [1.54, 1.807) is 0 Å². The molecule has 0 saturated carbocycles. The lowest BCUT2D eigenvalue weighted by Gasteiger charge is -2.23. The first-order valence-electron chi connectivity index (χ1n) is 5.20. The van der Waals surface area contributed by atoms with Gasteiger partial charge in [-0.1, -0.05) is 6.08 Å². The zero-order valence-electron chi connectivity index (χ0n) is 8.83. The molecule has 2 heteroatoms. The molecule has 1 saturated heterocycles. The summed E-state index contributed by atoms with van der Waals surface area (Å²) in [5.41, 5.74) is 0. The largest absolute Gasteiger partial charge is 0.377 e. The van der Waals surface area contributed by atoms with Crippen LogP contribution in [0.1, 0.15) is 26.7 Å². The zero-order valence-corrected chi connectivity index (χ0v) is 8.83. The first-order valence-corrected chi connectivity index (χ1v) is 5.20. The fraction of sp³-hybridized carbons (Fsp3) is 0.818. The summed E-state index contributed by atoms with van der Waals surface area (Å²) >= 11 is 0. The summed E-state index contributed by atoms with van der Waals surface area (Å²) in [4.78, 5) is 2.45. The second-order valence-corrected chi connectivity index (χ2v) is 3.96. The fourth-order valence-electron chi connectivity index (χ4n) is 1.79. The van der Waals surface area contributed by atoms with Gasteiger partial charge in [0.2, 0.25) is 0 Å². The Hall–Kier alpha value is -0.340. The van der Waals surface area contributed by atoms with E-state index in [-0.39, 0.29) is 0 Å². The number of hydrogen-bond acceptors (Lipinski definition) is 2. The van der Waals surface area contributed by atoms with Crippen LogP contribution in [0.25, 0.3) is 0 Å². The van der Waals surface area contributed by atoms with Gasteiger partial charge >= 0.3 is 0 Å². The van der Waals surface area contributed by atoms with Crippen LogP contribution in [0.3, 0.4) is 0 Å². The summed E-state index contributed by atoms with van der Waals surface area (Å²) in [6, 6.07) is 0.625. The molecule has 0 N–H and O–H groups in total. The number of nitrogens with zero attached hydrogens (tertiary/aromatic N) is 1. The molecule has 0 bridgehead atoms. The molecule has 0 aliphatic carbocycles. The molecule has 0 aromatic heterocycles. The Labute approximate surface area is 81.6 Å². The van der Waals surface area contributed by atoms with Crippen LogP contribution in [-0.2, 0) is 4.74 Å². The quantitative estimate of drug-likeness (QED) is 0.605. The maximum Gasteiger partial charge on any atom is 0.0625 e. The maximum atomic E-state index is 5.63. The molecule has 0 amide bonds. The summed E-state index contributed by atoms with van der Waals surface area (Å²) in [5.74, 6) is 0. The average Bonchev–Trinajstić information content (AvgIpc) is 2.49. The van der Waals surface area contributed by atoms with Gasteiger partial charge in [0.25, 0.3) is 0 Å². The molecule has 1 unspecified atom stereocenters. The predicted octanol–water partition coefficient (Wildman–Crippen LogP) is 2.06. The third kappa shape index (κ3) is 3.49. The molecule has 1 heterocycles. The van der Waals surface area contributed by atoms with E-state index in [4.69, 9.17) is 4.74 Å². The molecule has 0 radical (unpaired) electrons. The van der Waals surface area contributed by atoms with Gasteiger partial charge in [0.05, 0.1) is 12.7 Å². The van der Waals surface area contributed by atoms with Crippen LogP contribution in [0.2, 0.25) is 0 Å². The van der Waals surface area contributed by atoms with E-state index < -0.39 is 0 Å². The van der Waals surface area contributed by atoms with Crippen LogP contribution in [0, 0.1) is 0 Å². The molecule has 76 valence electrons. The van der Waals surface area contributed by atoms with Crippen molar-refractivity contribution in [3.05, 3.63) is 12.7 Å². The highest BCUT2D eigenvalue weighted by atomic mass is 16.5. The van der Waals surface area contributed by atoms with Crippen LogP contribution in [-0.4, -0.2) is 36.7 Å². The number of rotatable bonds is 5. The maximum absolute atomic E-state index is 5.63. The van der Waals surface area contributed by atoms with Crippen LogP contribution in [0.15, 0.2) is 12.7 Å². The lowest BCUT2D eigenvalue weighted by molar-refractivity contribution is 0.0401. The molecule has 1 aliphatic rings. The van der Waals surface area contributed by atoms with Crippen molar-refractivity contribution in [2.75, 3.05) is 19.7 Å². The number of likely N-dealkylation sites (tertiary alicyclic amines) is 1. The summed E-state index contributed by atoms with van der Waals surface area (Å²) in [6.45, 7) is 11.0. The molecule has 2 nitrogen and oxygen atoms in total. The van der Waals surface area contributed by atoms with E-state index in [1.807, 2.05) is 6.08 Å². The molecule has 0 spiro atoms. The molecule has 1 aliphatic heterocycles. The van der Waals surface area contributed by atoms with E-state index in [1.165, 1.54) is 19.4 Å².